The van der Waals surface area contributed by atoms with Gasteiger partial charge in [-0.1, -0.05) is 32.1 Å². The van der Waals surface area contributed by atoms with Crippen LogP contribution in [-0.2, 0) is 19.1 Å². The molecule has 1 unspecified atom stereocenters. The number of rotatable bonds is 14. The average molecular weight is 329 g/mol. The van der Waals surface area contributed by atoms with Gasteiger partial charge in [0, 0.05) is 0 Å². The van der Waals surface area contributed by atoms with Gasteiger partial charge in [0.2, 0.25) is 0 Å². The summed E-state index contributed by atoms with van der Waals surface area (Å²) in [4.78, 5) is 25.7. The zero-order valence-corrected chi connectivity index (χ0v) is 15.4. The molecule has 0 saturated heterocycles. The molecular formula is C18H35NO4. The first kappa shape index (κ1) is 21.9. The second-order valence-corrected chi connectivity index (χ2v) is 6.17. The van der Waals surface area contributed by atoms with E-state index in [1.807, 2.05) is 0 Å². The standard InChI is InChI=1S/C18H35NO4/c1-5-22-17(20)15-16(18(21)23-6-2)13-11-9-7-8-10-12-14-19(3)4/h16H,5-15H2,1-4H3. The van der Waals surface area contributed by atoms with E-state index in [-0.39, 0.29) is 24.3 Å². The Hall–Kier alpha value is -1.10. The minimum atomic E-state index is -0.359. The van der Waals surface area contributed by atoms with E-state index in [4.69, 9.17) is 9.47 Å². The van der Waals surface area contributed by atoms with E-state index < -0.39 is 0 Å². The van der Waals surface area contributed by atoms with E-state index in [0.717, 1.165) is 19.4 Å². The van der Waals surface area contributed by atoms with Crippen LogP contribution >= 0.6 is 0 Å². The highest BCUT2D eigenvalue weighted by Gasteiger charge is 2.23. The molecule has 0 aliphatic heterocycles. The van der Waals surface area contributed by atoms with Crippen molar-refractivity contribution < 1.29 is 19.1 Å². The average Bonchev–Trinajstić information content (AvgIpc) is 2.48. The molecule has 0 aliphatic rings. The van der Waals surface area contributed by atoms with Gasteiger partial charge in [0.1, 0.15) is 0 Å². The number of unbranched alkanes of at least 4 members (excludes halogenated alkanes) is 5. The lowest BCUT2D eigenvalue weighted by Crippen LogP contribution is -2.22. The van der Waals surface area contributed by atoms with E-state index in [0.29, 0.717) is 19.6 Å². The molecule has 0 spiro atoms. The summed E-state index contributed by atoms with van der Waals surface area (Å²) in [6.45, 7) is 5.40. The molecule has 23 heavy (non-hydrogen) atoms. The van der Waals surface area contributed by atoms with Crippen molar-refractivity contribution in [2.45, 2.75) is 65.2 Å². The van der Waals surface area contributed by atoms with Crippen LogP contribution in [0, 0.1) is 5.92 Å². The van der Waals surface area contributed by atoms with Gasteiger partial charge >= 0.3 is 11.9 Å². The normalized spacial score (nSPS) is 12.2. The van der Waals surface area contributed by atoms with E-state index in [2.05, 4.69) is 19.0 Å². The Morgan fingerprint density at radius 2 is 1.43 bits per heavy atom. The predicted octanol–water partition coefficient (Wildman–Crippen LogP) is 3.41. The van der Waals surface area contributed by atoms with Crippen molar-refractivity contribution in [1.29, 1.82) is 0 Å². The van der Waals surface area contributed by atoms with Crippen LogP contribution in [0.25, 0.3) is 0 Å². The predicted molar refractivity (Wildman–Crippen MR) is 92.2 cm³/mol. The first-order valence-electron chi connectivity index (χ1n) is 8.98. The molecule has 0 rings (SSSR count). The molecule has 136 valence electrons. The Kier molecular flexibility index (Phi) is 13.8. The smallest absolute Gasteiger partial charge is 0.309 e. The number of ether oxygens (including phenoxy) is 2. The van der Waals surface area contributed by atoms with Crippen molar-refractivity contribution in [3.8, 4) is 0 Å². The van der Waals surface area contributed by atoms with Crippen molar-refractivity contribution in [2.75, 3.05) is 33.9 Å². The summed E-state index contributed by atoms with van der Waals surface area (Å²) in [6.07, 6.45) is 7.80. The number of nitrogens with zero attached hydrogens (tertiary/aromatic N) is 1. The van der Waals surface area contributed by atoms with Crippen LogP contribution < -0.4 is 0 Å². The van der Waals surface area contributed by atoms with Crippen LogP contribution in [0.15, 0.2) is 0 Å². The quantitative estimate of drug-likeness (QED) is 0.361. The third kappa shape index (κ3) is 13.1. The molecule has 0 heterocycles. The molecule has 5 nitrogen and oxygen atoms in total. The summed E-state index contributed by atoms with van der Waals surface area (Å²) in [5.41, 5.74) is 0. The van der Waals surface area contributed by atoms with Gasteiger partial charge in [-0.2, -0.15) is 0 Å². The Morgan fingerprint density at radius 3 is 2.00 bits per heavy atom. The summed E-state index contributed by atoms with van der Waals surface area (Å²) >= 11 is 0. The fourth-order valence-electron chi connectivity index (χ4n) is 2.51. The topological polar surface area (TPSA) is 55.8 Å². The molecule has 0 saturated carbocycles. The molecule has 0 amide bonds. The van der Waals surface area contributed by atoms with Gasteiger partial charge in [0.05, 0.1) is 25.6 Å². The maximum Gasteiger partial charge on any atom is 0.309 e. The fraction of sp³-hybridized carbons (Fsp3) is 0.889. The lowest BCUT2D eigenvalue weighted by atomic mass is 9.97. The number of esters is 2. The fourth-order valence-corrected chi connectivity index (χ4v) is 2.51. The SMILES string of the molecule is CCOC(=O)CC(CCCCCCCCN(C)C)C(=O)OCC. The van der Waals surface area contributed by atoms with Gasteiger partial charge in [0.25, 0.3) is 0 Å². The molecule has 0 N–H and O–H groups in total. The van der Waals surface area contributed by atoms with Crippen molar-refractivity contribution in [3.05, 3.63) is 0 Å². The van der Waals surface area contributed by atoms with Crippen LogP contribution in [0.2, 0.25) is 0 Å². The molecule has 1 atom stereocenters. The summed E-state index contributed by atoms with van der Waals surface area (Å²) in [5, 5.41) is 0. The minimum absolute atomic E-state index is 0.134. The third-order valence-corrected chi connectivity index (χ3v) is 3.75. The van der Waals surface area contributed by atoms with Gasteiger partial charge in [-0.15, -0.1) is 0 Å². The zero-order valence-electron chi connectivity index (χ0n) is 15.4. The van der Waals surface area contributed by atoms with Gasteiger partial charge in [-0.25, -0.2) is 0 Å². The summed E-state index contributed by atoms with van der Waals surface area (Å²) in [6, 6.07) is 0. The second-order valence-electron chi connectivity index (χ2n) is 6.17. The van der Waals surface area contributed by atoms with Crippen LogP contribution in [-0.4, -0.2) is 50.7 Å². The lowest BCUT2D eigenvalue weighted by molar-refractivity contribution is -0.155. The Balaban J connectivity index is 3.91. The monoisotopic (exact) mass is 329 g/mol. The number of hydrogen-bond donors (Lipinski definition) is 0. The Labute approximate surface area is 141 Å². The van der Waals surface area contributed by atoms with Crippen LogP contribution in [0.1, 0.15) is 65.2 Å². The summed E-state index contributed by atoms with van der Waals surface area (Å²) in [7, 11) is 4.19. The largest absolute Gasteiger partial charge is 0.466 e. The molecule has 0 aromatic carbocycles. The maximum atomic E-state index is 11.9. The van der Waals surface area contributed by atoms with Crippen molar-refractivity contribution in [1.82, 2.24) is 4.90 Å². The number of hydrogen-bond acceptors (Lipinski definition) is 5. The number of carbonyl (C=O) groups excluding carboxylic acids is 2. The van der Waals surface area contributed by atoms with E-state index in [9.17, 15) is 9.59 Å². The van der Waals surface area contributed by atoms with Gasteiger partial charge in [-0.3, -0.25) is 9.59 Å². The Bertz CT molecular complexity index is 318. The molecule has 0 aromatic rings. The molecule has 0 radical (unpaired) electrons. The van der Waals surface area contributed by atoms with Crippen molar-refractivity contribution in [3.63, 3.8) is 0 Å². The van der Waals surface area contributed by atoms with Gasteiger partial charge in [-0.05, 0) is 47.3 Å². The molecule has 5 heteroatoms. The first-order chi connectivity index (χ1) is 11.0. The highest BCUT2D eigenvalue weighted by molar-refractivity contribution is 5.79. The van der Waals surface area contributed by atoms with E-state index >= 15 is 0 Å². The van der Waals surface area contributed by atoms with Gasteiger partial charge in [0.15, 0.2) is 0 Å². The van der Waals surface area contributed by atoms with Crippen LogP contribution in [0.4, 0.5) is 0 Å². The molecule has 0 bridgehead atoms. The first-order valence-corrected chi connectivity index (χ1v) is 8.98. The second kappa shape index (κ2) is 14.5. The number of carbonyl (C=O) groups is 2. The molecule has 0 fully saturated rings. The Morgan fingerprint density at radius 1 is 0.870 bits per heavy atom. The molecular weight excluding hydrogens is 294 g/mol. The molecule has 0 aliphatic carbocycles. The maximum absolute atomic E-state index is 11.9. The highest BCUT2D eigenvalue weighted by Crippen LogP contribution is 2.18. The van der Waals surface area contributed by atoms with E-state index in [1.165, 1.54) is 25.7 Å². The van der Waals surface area contributed by atoms with Gasteiger partial charge < -0.3 is 14.4 Å². The minimum Gasteiger partial charge on any atom is -0.466 e. The third-order valence-electron chi connectivity index (χ3n) is 3.75. The summed E-state index contributed by atoms with van der Waals surface area (Å²) in [5.74, 6) is -0.941. The highest BCUT2D eigenvalue weighted by atomic mass is 16.5. The van der Waals surface area contributed by atoms with E-state index in [1.54, 1.807) is 13.8 Å². The van der Waals surface area contributed by atoms with Crippen molar-refractivity contribution >= 4 is 11.9 Å². The van der Waals surface area contributed by atoms with Crippen molar-refractivity contribution in [2.24, 2.45) is 5.92 Å². The van der Waals surface area contributed by atoms with Crippen LogP contribution in [0.5, 0.6) is 0 Å². The zero-order chi connectivity index (χ0) is 17.5. The summed E-state index contributed by atoms with van der Waals surface area (Å²) < 4.78 is 10.0. The lowest BCUT2D eigenvalue weighted by Gasteiger charge is -2.14. The van der Waals surface area contributed by atoms with Crippen LogP contribution in [0.3, 0.4) is 0 Å². The molecule has 0 aromatic heterocycles.